The van der Waals surface area contributed by atoms with E-state index in [4.69, 9.17) is 29.3 Å². The van der Waals surface area contributed by atoms with Gasteiger partial charge in [-0.15, -0.1) is 0 Å². The molecule has 134 valence electrons. The highest BCUT2D eigenvalue weighted by Gasteiger charge is 2.10. The van der Waals surface area contributed by atoms with Crippen molar-refractivity contribution in [2.75, 3.05) is 14.2 Å². The fourth-order valence-electron chi connectivity index (χ4n) is 2.03. The van der Waals surface area contributed by atoms with Crippen molar-refractivity contribution < 1.29 is 34.6 Å². The van der Waals surface area contributed by atoms with Gasteiger partial charge in [-0.25, -0.2) is 4.79 Å². The van der Waals surface area contributed by atoms with Crippen molar-refractivity contribution in [3.63, 3.8) is 0 Å². The van der Waals surface area contributed by atoms with E-state index in [0.717, 1.165) is 30.2 Å². The Labute approximate surface area is 145 Å². The summed E-state index contributed by atoms with van der Waals surface area (Å²) in [6.07, 6.45) is 3.67. The van der Waals surface area contributed by atoms with E-state index in [2.05, 4.69) is 22.4 Å². The van der Waals surface area contributed by atoms with Gasteiger partial charge in [0, 0.05) is 18.0 Å². The lowest BCUT2D eigenvalue weighted by atomic mass is 10.1. The first-order valence-corrected chi connectivity index (χ1v) is 7.34. The van der Waals surface area contributed by atoms with Gasteiger partial charge in [0.05, 0.1) is 19.8 Å². The standard InChI is InChI=1S/C15H18N2O2.C2H2O4/c1-18-14-7-3-6-13(15(14)19-2)11-17-10-12-5-4-8-16-9-12;3-1(4)2(5)6/h3-9,17H,10-11H2,1-2H3;(H,3,4)(H,5,6). The largest absolute Gasteiger partial charge is 0.539 e. The van der Waals surface area contributed by atoms with Crippen LogP contribution in [0.4, 0.5) is 0 Å². The van der Waals surface area contributed by atoms with Gasteiger partial charge in [-0.1, -0.05) is 12.1 Å². The smallest absolute Gasteiger partial charge is 0.351 e. The lowest BCUT2D eigenvalue weighted by Crippen LogP contribution is -2.80. The number of rotatable bonds is 6. The van der Waals surface area contributed by atoms with Crippen LogP contribution in [0.3, 0.4) is 0 Å². The molecule has 25 heavy (non-hydrogen) atoms. The molecular formula is C17H20N2O6. The predicted molar refractivity (Wildman–Crippen MR) is 85.8 cm³/mol. The number of hydrogen-bond donors (Lipinski definition) is 2. The van der Waals surface area contributed by atoms with Crippen LogP contribution in [0, 0.1) is 0 Å². The molecule has 2 aromatic rings. The minimum absolute atomic E-state index is 0.773. The number of nitrogens with zero attached hydrogens (tertiary/aromatic N) is 1. The summed E-state index contributed by atoms with van der Waals surface area (Å²) >= 11 is 0. The second-order valence-electron chi connectivity index (χ2n) is 4.80. The molecule has 0 unspecified atom stereocenters. The summed E-state index contributed by atoms with van der Waals surface area (Å²) in [5.41, 5.74) is 2.34. The molecule has 2 rings (SSSR count). The fraction of sp³-hybridized carbons (Fsp3) is 0.235. The molecule has 0 aliphatic rings. The first-order chi connectivity index (χ1) is 12.0. The zero-order chi connectivity index (χ0) is 18.7. The molecule has 0 spiro atoms. The number of hydrogen-bond acceptors (Lipinski definition) is 6. The van der Waals surface area contributed by atoms with Gasteiger partial charge in [0.1, 0.15) is 13.1 Å². The maximum atomic E-state index is 9.04. The van der Waals surface area contributed by atoms with Crippen LogP contribution in [0.15, 0.2) is 42.7 Å². The lowest BCUT2D eigenvalue weighted by molar-refractivity contribution is -0.686. The van der Waals surface area contributed by atoms with E-state index in [1.54, 1.807) is 20.4 Å². The maximum Gasteiger partial charge on any atom is 0.351 e. The zero-order valence-electron chi connectivity index (χ0n) is 14.0. The molecule has 0 aliphatic heterocycles. The van der Waals surface area contributed by atoms with Crippen molar-refractivity contribution in [1.82, 2.24) is 4.98 Å². The molecule has 1 aromatic heterocycles. The van der Waals surface area contributed by atoms with E-state index in [0.29, 0.717) is 0 Å². The van der Waals surface area contributed by atoms with Crippen molar-refractivity contribution >= 4 is 11.9 Å². The molecule has 1 heterocycles. The lowest BCUT2D eigenvalue weighted by Gasteiger charge is -2.11. The molecule has 0 radical (unpaired) electrons. The minimum atomic E-state index is -2.07. The Hall–Kier alpha value is -3.13. The van der Waals surface area contributed by atoms with Gasteiger partial charge in [-0.3, -0.25) is 4.98 Å². The Balaban J connectivity index is 0.000000450. The van der Waals surface area contributed by atoms with Crippen molar-refractivity contribution in [3.05, 3.63) is 53.9 Å². The average Bonchev–Trinajstić information content (AvgIpc) is 2.62. The Bertz CT molecular complexity index is 679. The third kappa shape index (κ3) is 6.88. The Kier molecular flexibility index (Phi) is 8.45. The summed E-state index contributed by atoms with van der Waals surface area (Å²) in [6, 6.07) is 9.97. The number of nitrogens with two attached hydrogens (primary N) is 1. The Morgan fingerprint density at radius 1 is 1.16 bits per heavy atom. The monoisotopic (exact) mass is 348 g/mol. The molecule has 0 bridgehead atoms. The van der Waals surface area contributed by atoms with Crippen LogP contribution in [-0.2, 0) is 22.7 Å². The molecule has 1 aromatic carbocycles. The number of aliphatic carboxylic acids is 2. The third-order valence-electron chi connectivity index (χ3n) is 3.13. The number of ether oxygens (including phenoxy) is 2. The molecule has 0 saturated heterocycles. The van der Waals surface area contributed by atoms with Gasteiger partial charge in [0.25, 0.3) is 0 Å². The number of methoxy groups -OCH3 is 2. The van der Waals surface area contributed by atoms with E-state index >= 15 is 0 Å². The third-order valence-corrected chi connectivity index (χ3v) is 3.13. The minimum Gasteiger partial charge on any atom is -0.539 e. The van der Waals surface area contributed by atoms with Crippen LogP contribution < -0.4 is 19.9 Å². The molecule has 3 N–H and O–H groups in total. The van der Waals surface area contributed by atoms with E-state index in [-0.39, 0.29) is 0 Å². The van der Waals surface area contributed by atoms with Crippen molar-refractivity contribution in [1.29, 1.82) is 0 Å². The summed E-state index contributed by atoms with van der Waals surface area (Å²) < 4.78 is 10.7. The molecular weight excluding hydrogens is 328 g/mol. The fourth-order valence-corrected chi connectivity index (χ4v) is 2.03. The first kappa shape index (κ1) is 19.9. The molecule has 0 amide bonds. The number of para-hydroxylation sites is 1. The zero-order valence-corrected chi connectivity index (χ0v) is 14.0. The van der Waals surface area contributed by atoms with Crippen molar-refractivity contribution in [2.24, 2.45) is 0 Å². The number of carbonyl (C=O) groups is 2. The first-order valence-electron chi connectivity index (χ1n) is 7.34. The van der Waals surface area contributed by atoms with Crippen LogP contribution in [0.5, 0.6) is 11.5 Å². The number of benzene rings is 1. The SMILES string of the molecule is COc1cccc(C[NH2+]Cc2cccnc2)c1OC.O=C([O-])C(=O)O. The van der Waals surface area contributed by atoms with Gasteiger partial charge >= 0.3 is 5.97 Å². The summed E-state index contributed by atoms with van der Waals surface area (Å²) in [4.78, 5) is 22.1. The number of carboxylic acids is 2. The normalized spacial score (nSPS) is 9.52. The average molecular weight is 348 g/mol. The molecule has 0 aliphatic carbocycles. The topological polar surface area (TPSA) is 125 Å². The molecule has 0 saturated carbocycles. The highest BCUT2D eigenvalue weighted by Crippen LogP contribution is 2.29. The second-order valence-corrected chi connectivity index (χ2v) is 4.80. The van der Waals surface area contributed by atoms with Crippen molar-refractivity contribution in [3.8, 4) is 11.5 Å². The highest BCUT2D eigenvalue weighted by molar-refractivity contribution is 6.26. The van der Waals surface area contributed by atoms with Gasteiger partial charge in [0.15, 0.2) is 17.5 Å². The summed E-state index contributed by atoms with van der Waals surface area (Å²) in [6.45, 7) is 1.74. The Morgan fingerprint density at radius 3 is 2.40 bits per heavy atom. The quantitative estimate of drug-likeness (QED) is 0.654. The van der Waals surface area contributed by atoms with E-state index in [1.807, 2.05) is 24.4 Å². The number of pyridine rings is 1. The summed E-state index contributed by atoms with van der Waals surface area (Å²) in [5, 5.41) is 18.5. The molecule has 8 nitrogen and oxygen atoms in total. The van der Waals surface area contributed by atoms with Gasteiger partial charge in [0.2, 0.25) is 0 Å². The Morgan fingerprint density at radius 2 is 1.88 bits per heavy atom. The predicted octanol–water partition coefficient (Wildman–Crippen LogP) is -0.817. The second kappa shape index (κ2) is 10.6. The van der Waals surface area contributed by atoms with Crippen LogP contribution in [0.1, 0.15) is 11.1 Å². The van der Waals surface area contributed by atoms with Crippen LogP contribution in [-0.4, -0.2) is 36.2 Å². The van der Waals surface area contributed by atoms with E-state index < -0.39 is 11.9 Å². The summed E-state index contributed by atoms with van der Waals surface area (Å²) in [5.74, 6) is -2.42. The van der Waals surface area contributed by atoms with Gasteiger partial charge < -0.3 is 29.8 Å². The van der Waals surface area contributed by atoms with E-state index in [9.17, 15) is 0 Å². The van der Waals surface area contributed by atoms with Crippen LogP contribution in [0.25, 0.3) is 0 Å². The molecule has 0 fully saturated rings. The van der Waals surface area contributed by atoms with Gasteiger partial charge in [-0.05, 0) is 18.2 Å². The summed E-state index contributed by atoms with van der Waals surface area (Å²) in [7, 11) is 3.32. The van der Waals surface area contributed by atoms with Crippen molar-refractivity contribution in [2.45, 2.75) is 13.1 Å². The molecule has 0 atom stereocenters. The van der Waals surface area contributed by atoms with Gasteiger partial charge in [-0.2, -0.15) is 0 Å². The maximum absolute atomic E-state index is 9.04. The number of quaternary nitrogens is 1. The number of aromatic nitrogens is 1. The number of carbonyl (C=O) groups excluding carboxylic acids is 1. The van der Waals surface area contributed by atoms with Crippen LogP contribution >= 0.6 is 0 Å². The molecule has 8 heteroatoms. The highest BCUT2D eigenvalue weighted by atomic mass is 16.5. The number of carboxylic acid groups (broad SMARTS) is 2. The van der Waals surface area contributed by atoms with Crippen LogP contribution in [0.2, 0.25) is 0 Å². The van der Waals surface area contributed by atoms with E-state index in [1.165, 1.54) is 5.56 Å².